The molecular formula is C17H19N3O. The van der Waals surface area contributed by atoms with Crippen molar-refractivity contribution in [2.75, 3.05) is 6.61 Å². The lowest BCUT2D eigenvalue weighted by atomic mass is 10.2. The van der Waals surface area contributed by atoms with E-state index in [1.54, 1.807) is 0 Å². The molecule has 4 nitrogen and oxygen atoms in total. The Labute approximate surface area is 124 Å². The molecule has 0 fully saturated rings. The quantitative estimate of drug-likeness (QED) is 0.881. The van der Waals surface area contributed by atoms with Gasteiger partial charge in [-0.15, -0.1) is 0 Å². The maximum Gasteiger partial charge on any atom is 0.147 e. The molecule has 0 aliphatic carbocycles. The van der Waals surface area contributed by atoms with E-state index in [9.17, 15) is 0 Å². The third-order valence-corrected chi connectivity index (χ3v) is 3.32. The molecule has 21 heavy (non-hydrogen) atoms. The highest BCUT2D eigenvalue weighted by Crippen LogP contribution is 2.25. The number of nitrogens with zero attached hydrogens (tertiary/aromatic N) is 1. The molecule has 0 aromatic carbocycles. The molecule has 2 N–H and O–H groups in total. The lowest BCUT2D eigenvalue weighted by molar-refractivity contribution is 0.239. The normalized spacial score (nSPS) is 16.2. The highest BCUT2D eigenvalue weighted by Gasteiger charge is 2.18. The summed E-state index contributed by atoms with van der Waals surface area (Å²) in [6, 6.07) is 8.17. The Morgan fingerprint density at radius 3 is 2.48 bits per heavy atom. The van der Waals surface area contributed by atoms with Gasteiger partial charge in [0.15, 0.2) is 0 Å². The minimum Gasteiger partial charge on any atom is -0.492 e. The summed E-state index contributed by atoms with van der Waals surface area (Å²) in [6.07, 6.45) is 3.99. The second kappa shape index (κ2) is 5.48. The van der Waals surface area contributed by atoms with Gasteiger partial charge in [0.2, 0.25) is 0 Å². The first-order valence-electron chi connectivity index (χ1n) is 7.12. The van der Waals surface area contributed by atoms with Gasteiger partial charge in [0.25, 0.3) is 0 Å². The highest BCUT2D eigenvalue weighted by molar-refractivity contribution is 6.11. The zero-order valence-corrected chi connectivity index (χ0v) is 12.5. The lowest BCUT2D eigenvalue weighted by Gasteiger charge is -2.03. The highest BCUT2D eigenvalue weighted by atomic mass is 16.5. The van der Waals surface area contributed by atoms with E-state index in [-0.39, 0.29) is 0 Å². The minimum absolute atomic E-state index is 0.624. The smallest absolute Gasteiger partial charge is 0.147 e. The van der Waals surface area contributed by atoms with Gasteiger partial charge in [-0.1, -0.05) is 0 Å². The van der Waals surface area contributed by atoms with Crippen molar-refractivity contribution in [3.63, 3.8) is 0 Å². The molecule has 0 unspecified atom stereocenters. The van der Waals surface area contributed by atoms with E-state index in [0.717, 1.165) is 39.9 Å². The minimum atomic E-state index is 0.624. The number of H-pyrrole nitrogens is 2. The molecule has 2 aromatic rings. The van der Waals surface area contributed by atoms with Crippen LogP contribution in [0.25, 0.3) is 6.08 Å². The fourth-order valence-electron chi connectivity index (χ4n) is 2.34. The van der Waals surface area contributed by atoms with Crippen molar-refractivity contribution >= 4 is 11.8 Å². The fourth-order valence-corrected chi connectivity index (χ4v) is 2.34. The molecule has 1 aliphatic rings. The number of aromatic nitrogens is 2. The van der Waals surface area contributed by atoms with E-state index >= 15 is 0 Å². The van der Waals surface area contributed by atoms with Crippen LogP contribution in [0.1, 0.15) is 29.7 Å². The van der Waals surface area contributed by atoms with E-state index in [1.807, 2.05) is 57.2 Å². The molecule has 108 valence electrons. The van der Waals surface area contributed by atoms with Crippen molar-refractivity contribution in [3.05, 3.63) is 64.6 Å². The zero-order chi connectivity index (χ0) is 14.8. The van der Waals surface area contributed by atoms with Crippen LogP contribution in [0.15, 0.2) is 46.8 Å². The summed E-state index contributed by atoms with van der Waals surface area (Å²) in [7, 11) is 0. The monoisotopic (exact) mass is 281 g/mol. The Hall–Kier alpha value is -2.49. The summed E-state index contributed by atoms with van der Waals surface area (Å²) in [4.78, 5) is 11.3. The molecule has 3 rings (SSSR count). The molecule has 3 heterocycles. The van der Waals surface area contributed by atoms with Crippen molar-refractivity contribution in [1.29, 1.82) is 0 Å². The molecule has 0 amide bonds. The first-order valence-corrected chi connectivity index (χ1v) is 7.12. The van der Waals surface area contributed by atoms with Crippen molar-refractivity contribution in [2.24, 2.45) is 4.99 Å². The molecular weight excluding hydrogens is 262 g/mol. The van der Waals surface area contributed by atoms with Gasteiger partial charge >= 0.3 is 0 Å². The summed E-state index contributed by atoms with van der Waals surface area (Å²) >= 11 is 0. The number of aryl methyl sites for hydroxylation is 2. The van der Waals surface area contributed by atoms with Crippen molar-refractivity contribution in [1.82, 2.24) is 9.97 Å². The van der Waals surface area contributed by atoms with Crippen LogP contribution < -0.4 is 0 Å². The number of aliphatic imine (C=N–C) groups is 1. The number of allylic oxidation sites excluding steroid dienone is 1. The fraction of sp³-hybridized carbons (Fsp3) is 0.235. The van der Waals surface area contributed by atoms with Crippen LogP contribution in [0.4, 0.5) is 0 Å². The van der Waals surface area contributed by atoms with E-state index in [2.05, 4.69) is 15.0 Å². The van der Waals surface area contributed by atoms with Crippen LogP contribution in [-0.4, -0.2) is 22.3 Å². The van der Waals surface area contributed by atoms with E-state index in [0.29, 0.717) is 6.61 Å². The zero-order valence-electron chi connectivity index (χ0n) is 12.5. The Morgan fingerprint density at radius 2 is 1.86 bits per heavy atom. The first-order chi connectivity index (χ1) is 10.2. The van der Waals surface area contributed by atoms with Gasteiger partial charge in [0.05, 0.1) is 18.0 Å². The van der Waals surface area contributed by atoms with Crippen LogP contribution in [0.5, 0.6) is 0 Å². The van der Waals surface area contributed by atoms with Gasteiger partial charge in [0, 0.05) is 23.2 Å². The molecule has 0 bridgehead atoms. The number of rotatable bonds is 4. The third kappa shape index (κ3) is 2.84. The maximum absolute atomic E-state index is 5.70. The van der Waals surface area contributed by atoms with Crippen molar-refractivity contribution < 1.29 is 4.74 Å². The molecule has 0 radical (unpaired) electrons. The standard InChI is InChI=1S/C17H19N3O/c1-4-21-17-10-15(14-8-6-12(3)19-14)20-16(17)9-13-7-5-11(2)18-13/h5-10,18-19H,4H2,1-3H3. The van der Waals surface area contributed by atoms with Gasteiger partial charge in [-0.25, -0.2) is 4.99 Å². The predicted molar refractivity (Wildman–Crippen MR) is 85.3 cm³/mol. The Morgan fingerprint density at radius 1 is 1.10 bits per heavy atom. The molecule has 0 saturated heterocycles. The van der Waals surface area contributed by atoms with E-state index < -0.39 is 0 Å². The van der Waals surface area contributed by atoms with Crippen molar-refractivity contribution in [2.45, 2.75) is 20.8 Å². The second-order valence-corrected chi connectivity index (χ2v) is 5.12. The van der Waals surface area contributed by atoms with Gasteiger partial charge in [0.1, 0.15) is 11.5 Å². The van der Waals surface area contributed by atoms with Gasteiger partial charge in [-0.3, -0.25) is 0 Å². The van der Waals surface area contributed by atoms with Crippen LogP contribution in [0.3, 0.4) is 0 Å². The second-order valence-electron chi connectivity index (χ2n) is 5.12. The van der Waals surface area contributed by atoms with Crippen LogP contribution in [0.2, 0.25) is 0 Å². The summed E-state index contributed by atoms with van der Waals surface area (Å²) in [5, 5.41) is 0. The molecule has 0 atom stereocenters. The third-order valence-electron chi connectivity index (χ3n) is 3.32. The number of ether oxygens (including phenoxy) is 1. The molecule has 1 aliphatic heterocycles. The molecule has 0 spiro atoms. The largest absolute Gasteiger partial charge is 0.492 e. The van der Waals surface area contributed by atoms with E-state index in [4.69, 9.17) is 4.74 Å². The van der Waals surface area contributed by atoms with Crippen LogP contribution in [0, 0.1) is 13.8 Å². The predicted octanol–water partition coefficient (Wildman–Crippen LogP) is 3.72. The average molecular weight is 281 g/mol. The number of aromatic amines is 2. The number of hydrogen-bond donors (Lipinski definition) is 2. The van der Waals surface area contributed by atoms with Gasteiger partial charge in [-0.2, -0.15) is 0 Å². The van der Waals surface area contributed by atoms with Crippen LogP contribution >= 0.6 is 0 Å². The van der Waals surface area contributed by atoms with E-state index in [1.165, 1.54) is 0 Å². The SMILES string of the molecule is CCOC1=CC(c2ccc(C)[nH]2)=NC1=Cc1ccc(C)[nH]1. The topological polar surface area (TPSA) is 53.2 Å². The van der Waals surface area contributed by atoms with Crippen molar-refractivity contribution in [3.8, 4) is 0 Å². The Bertz CT molecular complexity index is 744. The van der Waals surface area contributed by atoms with Gasteiger partial charge in [-0.05, 0) is 51.1 Å². The maximum atomic E-state index is 5.70. The number of hydrogen-bond acceptors (Lipinski definition) is 2. The average Bonchev–Trinajstić information content (AvgIpc) is 3.13. The summed E-state index contributed by atoms with van der Waals surface area (Å²) < 4.78 is 5.70. The Balaban J connectivity index is 1.96. The Kier molecular flexibility index (Phi) is 3.52. The summed E-state index contributed by atoms with van der Waals surface area (Å²) in [6.45, 7) is 6.67. The number of nitrogens with one attached hydrogen (secondary N) is 2. The summed E-state index contributed by atoms with van der Waals surface area (Å²) in [5.74, 6) is 0.812. The summed E-state index contributed by atoms with van der Waals surface area (Å²) in [5.41, 5.74) is 6.04. The first kappa shape index (κ1) is 13.5. The molecule has 4 heteroatoms. The van der Waals surface area contributed by atoms with Gasteiger partial charge < -0.3 is 14.7 Å². The lowest BCUT2D eigenvalue weighted by Crippen LogP contribution is -1.94. The van der Waals surface area contributed by atoms with Crippen LogP contribution in [-0.2, 0) is 4.74 Å². The molecule has 2 aromatic heterocycles. The molecule has 0 saturated carbocycles.